The smallest absolute Gasteiger partial charge is 0.0393 e. The fourth-order valence-corrected chi connectivity index (χ4v) is 5.91. The molecule has 1 fully saturated rings. The van der Waals surface area contributed by atoms with E-state index in [0.717, 1.165) is 22.5 Å². The fraction of sp³-hybridized carbons (Fsp3) is 0.250. The van der Waals surface area contributed by atoms with Crippen molar-refractivity contribution in [3.8, 4) is 22.3 Å². The van der Waals surface area contributed by atoms with E-state index in [2.05, 4.69) is 74.5 Å². The van der Waals surface area contributed by atoms with Gasteiger partial charge in [-0.05, 0) is 72.2 Å². The van der Waals surface area contributed by atoms with Crippen molar-refractivity contribution in [2.45, 2.75) is 51.4 Å². The maximum absolute atomic E-state index is 6.30. The number of nitrogens with two attached hydrogens (primary N) is 2. The van der Waals surface area contributed by atoms with Crippen LogP contribution in [0.5, 0.6) is 0 Å². The standard InChI is InChI=1S/C32H34N2/c1-22-20-24(14-16-26(22)28-10-4-6-12-30(28)33)32(18-8-3-9-19-32)25-15-17-27(23(2)21-25)29-11-5-7-13-31(29)34/h4-7,10-17,20-21H,3,8-9,18-19,33-34H2,1-2H3. The van der Waals surface area contributed by atoms with Crippen LogP contribution in [-0.4, -0.2) is 0 Å². The molecule has 1 aliphatic carbocycles. The van der Waals surface area contributed by atoms with Crippen molar-refractivity contribution in [1.29, 1.82) is 0 Å². The van der Waals surface area contributed by atoms with E-state index in [1.54, 1.807) is 0 Å². The van der Waals surface area contributed by atoms with Crippen molar-refractivity contribution in [2.24, 2.45) is 0 Å². The summed E-state index contributed by atoms with van der Waals surface area (Å²) in [5, 5.41) is 0. The molecule has 2 nitrogen and oxygen atoms in total. The van der Waals surface area contributed by atoms with Gasteiger partial charge < -0.3 is 11.5 Å². The van der Waals surface area contributed by atoms with Crippen molar-refractivity contribution in [3.05, 3.63) is 107 Å². The molecule has 0 aliphatic heterocycles. The number of nitrogen functional groups attached to an aromatic ring is 2. The van der Waals surface area contributed by atoms with Crippen LogP contribution < -0.4 is 11.5 Å². The Labute approximate surface area is 203 Å². The van der Waals surface area contributed by atoms with Crippen molar-refractivity contribution < 1.29 is 0 Å². The minimum absolute atomic E-state index is 0.0509. The van der Waals surface area contributed by atoms with Gasteiger partial charge in [-0.1, -0.05) is 92.1 Å². The highest BCUT2D eigenvalue weighted by molar-refractivity contribution is 5.80. The number of rotatable bonds is 4. The molecule has 0 atom stereocenters. The Morgan fingerprint density at radius 1 is 0.529 bits per heavy atom. The molecule has 1 aliphatic rings. The van der Waals surface area contributed by atoms with E-state index in [4.69, 9.17) is 11.5 Å². The minimum Gasteiger partial charge on any atom is -0.398 e. The summed E-state index contributed by atoms with van der Waals surface area (Å²) in [5.41, 5.74) is 24.4. The summed E-state index contributed by atoms with van der Waals surface area (Å²) in [6.07, 6.45) is 6.21. The van der Waals surface area contributed by atoms with Crippen molar-refractivity contribution in [3.63, 3.8) is 0 Å². The zero-order chi connectivity index (χ0) is 23.7. The molecule has 0 spiro atoms. The Bertz CT molecular complexity index is 1230. The molecule has 0 bridgehead atoms. The maximum atomic E-state index is 6.30. The molecule has 34 heavy (non-hydrogen) atoms. The zero-order valence-electron chi connectivity index (χ0n) is 20.3. The van der Waals surface area contributed by atoms with Gasteiger partial charge in [0.2, 0.25) is 0 Å². The summed E-state index contributed by atoms with van der Waals surface area (Å²) in [5.74, 6) is 0. The van der Waals surface area contributed by atoms with Gasteiger partial charge in [-0.2, -0.15) is 0 Å². The summed E-state index contributed by atoms with van der Waals surface area (Å²) in [7, 11) is 0. The van der Waals surface area contributed by atoms with Gasteiger partial charge in [0.25, 0.3) is 0 Å². The van der Waals surface area contributed by atoms with Crippen LogP contribution in [0.15, 0.2) is 84.9 Å². The van der Waals surface area contributed by atoms with Crippen molar-refractivity contribution >= 4 is 11.4 Å². The quantitative estimate of drug-likeness (QED) is 0.312. The molecule has 4 N–H and O–H groups in total. The van der Waals surface area contributed by atoms with Crippen LogP contribution in [0.25, 0.3) is 22.3 Å². The van der Waals surface area contributed by atoms with Crippen LogP contribution in [0.2, 0.25) is 0 Å². The summed E-state index contributed by atoms with van der Waals surface area (Å²) in [4.78, 5) is 0. The van der Waals surface area contributed by atoms with Crippen LogP contribution in [0.3, 0.4) is 0 Å². The summed E-state index contributed by atoms with van der Waals surface area (Å²) < 4.78 is 0. The SMILES string of the molecule is Cc1cc(C2(c3ccc(-c4ccccc4N)c(C)c3)CCCCC2)ccc1-c1ccccc1N. The number of benzene rings is 4. The van der Waals surface area contributed by atoms with E-state index in [1.165, 1.54) is 65.5 Å². The minimum atomic E-state index is 0.0509. The third-order valence-electron chi connectivity index (χ3n) is 7.77. The van der Waals surface area contributed by atoms with Crippen molar-refractivity contribution in [2.75, 3.05) is 11.5 Å². The lowest BCUT2D eigenvalue weighted by Crippen LogP contribution is -2.30. The van der Waals surface area contributed by atoms with Gasteiger partial charge in [0.1, 0.15) is 0 Å². The van der Waals surface area contributed by atoms with Gasteiger partial charge in [0.15, 0.2) is 0 Å². The maximum Gasteiger partial charge on any atom is 0.0393 e. The normalized spacial score (nSPS) is 15.2. The molecule has 1 saturated carbocycles. The van der Waals surface area contributed by atoms with E-state index < -0.39 is 0 Å². The molecule has 2 heteroatoms. The van der Waals surface area contributed by atoms with Crippen LogP contribution >= 0.6 is 0 Å². The molecule has 0 heterocycles. The van der Waals surface area contributed by atoms with Crippen LogP contribution in [0.1, 0.15) is 54.4 Å². The summed E-state index contributed by atoms with van der Waals surface area (Å²) in [6, 6.07) is 30.4. The highest BCUT2D eigenvalue weighted by Gasteiger charge is 2.36. The lowest BCUT2D eigenvalue weighted by Gasteiger charge is -2.39. The lowest BCUT2D eigenvalue weighted by molar-refractivity contribution is 0.346. The average molecular weight is 447 g/mol. The zero-order valence-corrected chi connectivity index (χ0v) is 20.3. The van der Waals surface area contributed by atoms with Crippen LogP contribution in [-0.2, 0) is 5.41 Å². The monoisotopic (exact) mass is 446 g/mol. The fourth-order valence-electron chi connectivity index (χ4n) is 5.91. The first kappa shape index (κ1) is 22.3. The summed E-state index contributed by atoms with van der Waals surface area (Å²) in [6.45, 7) is 4.43. The van der Waals surface area contributed by atoms with Crippen molar-refractivity contribution in [1.82, 2.24) is 0 Å². The Balaban J connectivity index is 1.59. The van der Waals surface area contributed by atoms with Gasteiger partial charge in [0.05, 0.1) is 0 Å². The molecule has 172 valence electrons. The molecular weight excluding hydrogens is 412 g/mol. The molecule has 5 rings (SSSR count). The molecule has 0 aromatic heterocycles. The molecule has 0 saturated heterocycles. The molecule has 0 radical (unpaired) electrons. The Morgan fingerprint density at radius 2 is 0.971 bits per heavy atom. The number of anilines is 2. The second-order valence-electron chi connectivity index (χ2n) is 9.88. The number of hydrogen-bond acceptors (Lipinski definition) is 2. The third-order valence-corrected chi connectivity index (χ3v) is 7.77. The van der Waals surface area contributed by atoms with Gasteiger partial charge in [-0.15, -0.1) is 0 Å². The van der Waals surface area contributed by atoms with Gasteiger partial charge in [-0.3, -0.25) is 0 Å². The molecule has 0 unspecified atom stereocenters. The second kappa shape index (κ2) is 9.02. The average Bonchev–Trinajstić information content (AvgIpc) is 2.85. The first-order valence-corrected chi connectivity index (χ1v) is 12.4. The summed E-state index contributed by atoms with van der Waals surface area (Å²) >= 11 is 0. The highest BCUT2D eigenvalue weighted by Crippen LogP contribution is 2.47. The van der Waals surface area contributed by atoms with Gasteiger partial charge >= 0.3 is 0 Å². The first-order chi connectivity index (χ1) is 16.5. The first-order valence-electron chi connectivity index (χ1n) is 12.4. The predicted octanol–water partition coefficient (Wildman–Crippen LogP) is 8.05. The predicted molar refractivity (Wildman–Crippen MR) is 146 cm³/mol. The molecular formula is C32H34N2. The third kappa shape index (κ3) is 3.88. The van der Waals surface area contributed by atoms with Crippen LogP contribution in [0, 0.1) is 13.8 Å². The van der Waals surface area contributed by atoms with E-state index in [0.29, 0.717) is 0 Å². The molecule has 4 aromatic rings. The second-order valence-corrected chi connectivity index (χ2v) is 9.88. The lowest BCUT2D eigenvalue weighted by atomic mass is 9.64. The molecule has 0 amide bonds. The number of aryl methyl sites for hydroxylation is 2. The largest absolute Gasteiger partial charge is 0.398 e. The Morgan fingerprint density at radius 3 is 1.38 bits per heavy atom. The van der Waals surface area contributed by atoms with E-state index >= 15 is 0 Å². The highest BCUT2D eigenvalue weighted by atomic mass is 14.6. The molecule has 4 aromatic carbocycles. The topological polar surface area (TPSA) is 52.0 Å². The Hall–Kier alpha value is -3.52. The Kier molecular flexibility index (Phi) is 5.91. The van der Waals surface area contributed by atoms with E-state index in [1.807, 2.05) is 24.3 Å². The van der Waals surface area contributed by atoms with E-state index in [9.17, 15) is 0 Å². The van der Waals surface area contributed by atoms with Crippen LogP contribution in [0.4, 0.5) is 11.4 Å². The number of para-hydroxylation sites is 2. The van der Waals surface area contributed by atoms with E-state index in [-0.39, 0.29) is 5.41 Å². The van der Waals surface area contributed by atoms with Gasteiger partial charge in [-0.25, -0.2) is 0 Å². The number of hydrogen-bond donors (Lipinski definition) is 2. The van der Waals surface area contributed by atoms with Gasteiger partial charge in [0, 0.05) is 27.9 Å².